The Balaban J connectivity index is 0.000000130. The molecule has 4 aromatic rings. The van der Waals surface area contributed by atoms with Gasteiger partial charge in [-0.05, 0) is 99.5 Å². The Kier molecular flexibility index (Phi) is 5.61. The summed E-state index contributed by atoms with van der Waals surface area (Å²) in [6.45, 7) is 1.87. The van der Waals surface area contributed by atoms with Crippen LogP contribution < -0.4 is 0 Å². The summed E-state index contributed by atoms with van der Waals surface area (Å²) in [6.07, 6.45) is -0.376. The van der Waals surface area contributed by atoms with Crippen LogP contribution in [0.2, 0.25) is 0 Å². The van der Waals surface area contributed by atoms with Gasteiger partial charge in [-0.3, -0.25) is 0 Å². The number of benzene rings is 4. The smallest absolute Gasteiger partial charge is 0.335 e. The first kappa shape index (κ1) is 24.7. The molecule has 0 radical (unpaired) electrons. The van der Waals surface area contributed by atoms with Gasteiger partial charge in [-0.2, -0.15) is 0 Å². The van der Waals surface area contributed by atoms with E-state index in [9.17, 15) is 14.7 Å². The molecule has 39 heavy (non-hydrogen) atoms. The number of halogens is 2. The molecule has 0 aliphatic carbocycles. The zero-order chi connectivity index (χ0) is 27.2. The summed E-state index contributed by atoms with van der Waals surface area (Å²) in [5, 5.41) is 18.3. The van der Waals surface area contributed by atoms with Crippen molar-refractivity contribution in [3.8, 4) is 0 Å². The first-order valence-corrected chi connectivity index (χ1v) is 13.9. The highest BCUT2D eigenvalue weighted by Crippen LogP contribution is 2.56. The summed E-state index contributed by atoms with van der Waals surface area (Å²) in [4.78, 5) is 22.3. The Hall–Kier alpha value is -3.30. The number of hydrogen-bond acceptors (Lipinski definition) is 4. The molecule has 4 aromatic carbocycles. The number of rotatable bonds is 2. The monoisotopic (exact) mass is 646 g/mol. The highest BCUT2D eigenvalue weighted by atomic mass is 79.9. The third-order valence-corrected chi connectivity index (χ3v) is 8.98. The Labute approximate surface area is 240 Å². The Morgan fingerprint density at radius 1 is 0.615 bits per heavy atom. The summed E-state index contributed by atoms with van der Waals surface area (Å²) in [5.74, 6) is -1.79. The molecule has 0 fully saturated rings. The lowest BCUT2D eigenvalue weighted by Crippen LogP contribution is -2.09. The molecule has 4 aliphatic rings. The van der Waals surface area contributed by atoms with Crippen molar-refractivity contribution in [3.05, 3.63) is 137 Å². The first-order valence-electron chi connectivity index (χ1n) is 12.4. The van der Waals surface area contributed by atoms with E-state index in [-0.39, 0.29) is 24.4 Å². The molecular weight excluding hydrogens is 628 g/mol. The molecule has 4 heterocycles. The molecule has 0 saturated heterocycles. The van der Waals surface area contributed by atoms with Crippen LogP contribution in [-0.2, 0) is 9.47 Å². The molecular formula is C31H20Br2O6. The van der Waals surface area contributed by atoms with E-state index >= 15 is 0 Å². The molecule has 2 N–H and O–H groups in total. The van der Waals surface area contributed by atoms with Gasteiger partial charge in [0.15, 0.2) is 0 Å². The fourth-order valence-electron chi connectivity index (χ4n) is 6.27. The first-order chi connectivity index (χ1) is 18.7. The van der Waals surface area contributed by atoms with Crippen LogP contribution in [-0.4, -0.2) is 22.2 Å². The van der Waals surface area contributed by atoms with E-state index in [1.807, 2.05) is 37.3 Å². The Morgan fingerprint density at radius 2 is 1.10 bits per heavy atom. The maximum Gasteiger partial charge on any atom is 0.335 e. The average Bonchev–Trinajstić information content (AvgIpc) is 3.66. The number of ether oxygens (including phenoxy) is 2. The summed E-state index contributed by atoms with van der Waals surface area (Å²) < 4.78 is 14.1. The van der Waals surface area contributed by atoms with Gasteiger partial charge in [-0.15, -0.1) is 0 Å². The van der Waals surface area contributed by atoms with Crippen molar-refractivity contribution in [2.45, 2.75) is 31.3 Å². The van der Waals surface area contributed by atoms with Crippen LogP contribution in [0.4, 0.5) is 0 Å². The van der Waals surface area contributed by atoms with Gasteiger partial charge in [0.05, 0.1) is 11.1 Å². The van der Waals surface area contributed by atoms with E-state index < -0.39 is 11.9 Å². The molecule has 6 nitrogen and oxygen atoms in total. The van der Waals surface area contributed by atoms with Gasteiger partial charge in [-0.25, -0.2) is 9.59 Å². The molecule has 4 aliphatic heterocycles. The second-order valence-electron chi connectivity index (χ2n) is 10.0. The second kappa shape index (κ2) is 8.86. The lowest BCUT2D eigenvalue weighted by molar-refractivity contribution is 0.0685. The van der Waals surface area contributed by atoms with Crippen molar-refractivity contribution in [3.63, 3.8) is 0 Å². The fraction of sp³-hybridized carbons (Fsp3) is 0.161. The maximum atomic E-state index is 11.3. The molecule has 4 unspecified atom stereocenters. The zero-order valence-electron chi connectivity index (χ0n) is 20.4. The van der Waals surface area contributed by atoms with E-state index in [0.29, 0.717) is 11.1 Å². The van der Waals surface area contributed by atoms with Crippen LogP contribution in [0.15, 0.2) is 75.7 Å². The van der Waals surface area contributed by atoms with E-state index in [1.165, 1.54) is 11.1 Å². The van der Waals surface area contributed by atoms with Crippen molar-refractivity contribution < 1.29 is 29.3 Å². The van der Waals surface area contributed by atoms with E-state index in [4.69, 9.17) is 14.6 Å². The molecule has 4 bridgehead atoms. The SMILES string of the molecule is Cc1c(C(=O)O)ccc2c1C1OC2c2ccc(Br)cc21.O=C(O)c1ccc2c(c1)C1OC2c2cc(Br)ccc21. The van der Waals surface area contributed by atoms with Crippen LogP contribution in [0.3, 0.4) is 0 Å². The molecule has 0 saturated carbocycles. The van der Waals surface area contributed by atoms with Gasteiger partial charge >= 0.3 is 11.9 Å². The summed E-state index contributed by atoms with van der Waals surface area (Å²) in [5.41, 5.74) is 10.3. The average molecular weight is 648 g/mol. The predicted octanol–water partition coefficient (Wildman–Crippen LogP) is 7.65. The molecule has 194 valence electrons. The summed E-state index contributed by atoms with van der Waals surface area (Å²) in [7, 11) is 0. The van der Waals surface area contributed by atoms with Gasteiger partial charge < -0.3 is 19.7 Å². The van der Waals surface area contributed by atoms with E-state index in [0.717, 1.165) is 47.9 Å². The predicted molar refractivity (Wildman–Crippen MR) is 149 cm³/mol. The van der Waals surface area contributed by atoms with Crippen molar-refractivity contribution in [2.75, 3.05) is 0 Å². The van der Waals surface area contributed by atoms with Gasteiger partial charge in [0.25, 0.3) is 0 Å². The highest BCUT2D eigenvalue weighted by molar-refractivity contribution is 9.10. The van der Waals surface area contributed by atoms with Gasteiger partial charge in [0.2, 0.25) is 0 Å². The minimum Gasteiger partial charge on any atom is -0.478 e. The van der Waals surface area contributed by atoms with Crippen molar-refractivity contribution >= 4 is 43.8 Å². The van der Waals surface area contributed by atoms with Crippen molar-refractivity contribution in [2.24, 2.45) is 0 Å². The highest BCUT2D eigenvalue weighted by Gasteiger charge is 2.44. The van der Waals surface area contributed by atoms with Crippen LogP contribution in [0.25, 0.3) is 0 Å². The fourth-order valence-corrected chi connectivity index (χ4v) is 7.02. The van der Waals surface area contributed by atoms with Crippen molar-refractivity contribution in [1.82, 2.24) is 0 Å². The van der Waals surface area contributed by atoms with Crippen molar-refractivity contribution in [1.29, 1.82) is 0 Å². The minimum atomic E-state index is -0.901. The maximum absolute atomic E-state index is 11.3. The molecule has 0 aromatic heterocycles. The Morgan fingerprint density at radius 3 is 1.69 bits per heavy atom. The van der Waals surface area contributed by atoms with Crippen LogP contribution >= 0.6 is 31.9 Å². The topological polar surface area (TPSA) is 93.1 Å². The van der Waals surface area contributed by atoms with Gasteiger partial charge in [0, 0.05) is 8.95 Å². The quantitative estimate of drug-likeness (QED) is 0.232. The number of aromatic carboxylic acids is 2. The van der Waals surface area contributed by atoms with Gasteiger partial charge in [0.1, 0.15) is 24.4 Å². The van der Waals surface area contributed by atoms with Gasteiger partial charge in [-0.1, -0.05) is 56.1 Å². The van der Waals surface area contributed by atoms with Crippen LogP contribution in [0.5, 0.6) is 0 Å². The normalized spacial score (nSPS) is 21.9. The van der Waals surface area contributed by atoms with Crippen LogP contribution in [0.1, 0.15) is 95.2 Å². The molecule has 8 rings (SSSR count). The third-order valence-electron chi connectivity index (χ3n) is 7.99. The van der Waals surface area contributed by atoms with E-state index in [1.54, 1.807) is 18.2 Å². The number of carbonyl (C=O) groups is 2. The second-order valence-corrected chi connectivity index (χ2v) is 11.9. The third kappa shape index (κ3) is 3.66. The standard InChI is InChI=1S/C16H11BrO3.C15H9BrO3/c1-7-9(16(18)19)4-5-11-13(7)15-12-6-8(17)2-3-10(12)14(11)20-15;16-8-2-4-10-12(6-8)14-9-3-1-7(15(17)18)5-11(9)13(10)19-14/h2-6,14-15H,1H3,(H,18,19);1-6,13-14H,(H,17,18). The summed E-state index contributed by atoms with van der Waals surface area (Å²) >= 11 is 6.96. The summed E-state index contributed by atoms with van der Waals surface area (Å²) in [6, 6.07) is 21.1. The zero-order valence-corrected chi connectivity index (χ0v) is 23.6. The molecule has 0 spiro atoms. The number of hydrogen-bond donors (Lipinski definition) is 2. The number of carboxylic acid groups (broad SMARTS) is 2. The minimum absolute atomic E-state index is 0.0559. The molecule has 8 heteroatoms. The Bertz CT molecular complexity index is 1750. The lowest BCUT2D eigenvalue weighted by atomic mass is 9.82. The molecule has 0 amide bonds. The lowest BCUT2D eigenvalue weighted by Gasteiger charge is -2.19. The number of carboxylic acids is 2. The molecule has 4 atom stereocenters. The number of fused-ring (bicyclic) bond motifs is 16. The van der Waals surface area contributed by atoms with E-state index in [2.05, 4.69) is 50.1 Å². The largest absolute Gasteiger partial charge is 0.478 e. The van der Waals surface area contributed by atoms with Crippen LogP contribution in [0, 0.1) is 6.92 Å².